The minimum absolute atomic E-state index is 0.197. The predicted molar refractivity (Wildman–Crippen MR) is 103 cm³/mol. The Morgan fingerprint density at radius 1 is 0.885 bits per heavy atom. The zero-order valence-electron chi connectivity index (χ0n) is 14.7. The molecule has 0 fully saturated rings. The summed E-state index contributed by atoms with van der Waals surface area (Å²) < 4.78 is 6.37. The molecule has 2 unspecified atom stereocenters. The highest BCUT2D eigenvalue weighted by Crippen LogP contribution is 2.47. The molecule has 2 aliphatic heterocycles. The summed E-state index contributed by atoms with van der Waals surface area (Å²) in [5.74, 6) is 0.962. The van der Waals surface area contributed by atoms with E-state index in [2.05, 4.69) is 78.7 Å². The van der Waals surface area contributed by atoms with Gasteiger partial charge in [0.25, 0.3) is 0 Å². The molecule has 0 radical (unpaired) electrons. The molecule has 2 atom stereocenters. The van der Waals surface area contributed by atoms with E-state index in [9.17, 15) is 0 Å². The molecule has 0 spiro atoms. The van der Waals surface area contributed by atoms with Crippen LogP contribution in [0.2, 0.25) is 0 Å². The van der Waals surface area contributed by atoms with Gasteiger partial charge in [0.15, 0.2) is 0 Å². The van der Waals surface area contributed by atoms with Crippen molar-refractivity contribution in [3.05, 3.63) is 101 Å². The zero-order chi connectivity index (χ0) is 17.5. The Morgan fingerprint density at radius 2 is 1.62 bits per heavy atom. The predicted octanol–water partition coefficient (Wildman–Crippen LogP) is 5.24. The Balaban J connectivity index is 1.60. The summed E-state index contributed by atoms with van der Waals surface area (Å²) in [5, 5.41) is 7.12. The molecule has 128 valence electrons. The first kappa shape index (κ1) is 15.2. The van der Waals surface area contributed by atoms with E-state index in [0.29, 0.717) is 0 Å². The lowest BCUT2D eigenvalue weighted by Crippen LogP contribution is -2.33. The van der Waals surface area contributed by atoms with Gasteiger partial charge in [0, 0.05) is 17.5 Å². The first-order chi connectivity index (χ1) is 12.8. The Labute approximate surface area is 153 Å². The van der Waals surface area contributed by atoms with Gasteiger partial charge in [-0.25, -0.2) is 5.01 Å². The summed E-state index contributed by atoms with van der Waals surface area (Å²) >= 11 is 0. The second-order valence-corrected chi connectivity index (χ2v) is 6.93. The molecule has 2 heterocycles. The maximum Gasteiger partial charge on any atom is 0.213 e. The smallest absolute Gasteiger partial charge is 0.213 e. The average molecular weight is 340 g/mol. The van der Waals surface area contributed by atoms with Gasteiger partial charge in [-0.15, -0.1) is 0 Å². The van der Waals surface area contributed by atoms with Gasteiger partial charge in [0.2, 0.25) is 6.23 Å². The number of hydrazone groups is 1. The molecule has 3 aromatic carbocycles. The van der Waals surface area contributed by atoms with Crippen LogP contribution in [0.3, 0.4) is 0 Å². The molecule has 0 amide bonds. The fourth-order valence-electron chi connectivity index (χ4n) is 3.79. The van der Waals surface area contributed by atoms with Gasteiger partial charge in [-0.2, -0.15) is 5.10 Å². The van der Waals surface area contributed by atoms with E-state index in [4.69, 9.17) is 9.84 Å². The topological polar surface area (TPSA) is 24.8 Å². The van der Waals surface area contributed by atoms with Gasteiger partial charge in [-0.05, 0) is 18.6 Å². The van der Waals surface area contributed by atoms with Crippen LogP contribution in [0.4, 0.5) is 0 Å². The quantitative estimate of drug-likeness (QED) is 0.637. The van der Waals surface area contributed by atoms with Crippen LogP contribution in [0.25, 0.3) is 0 Å². The number of hydrogen-bond acceptors (Lipinski definition) is 3. The normalized spacial score (nSPS) is 20.8. The summed E-state index contributed by atoms with van der Waals surface area (Å²) in [7, 11) is 0. The lowest BCUT2D eigenvalue weighted by atomic mass is 9.96. The first-order valence-electron chi connectivity index (χ1n) is 9.03. The third-order valence-corrected chi connectivity index (χ3v) is 5.17. The number of para-hydroxylation sites is 1. The highest BCUT2D eigenvalue weighted by molar-refractivity contribution is 6.01. The number of benzene rings is 3. The number of aryl methyl sites for hydroxylation is 1. The molecule has 3 aromatic rings. The van der Waals surface area contributed by atoms with E-state index < -0.39 is 0 Å². The van der Waals surface area contributed by atoms with Gasteiger partial charge < -0.3 is 4.74 Å². The maximum atomic E-state index is 6.37. The lowest BCUT2D eigenvalue weighted by Gasteiger charge is -2.38. The maximum absolute atomic E-state index is 6.37. The number of ether oxygens (including phenoxy) is 1. The molecule has 3 nitrogen and oxygen atoms in total. The van der Waals surface area contributed by atoms with Crippen molar-refractivity contribution in [3.8, 4) is 5.75 Å². The molecular weight excluding hydrogens is 320 g/mol. The van der Waals surface area contributed by atoms with Crippen molar-refractivity contribution in [2.75, 3.05) is 0 Å². The number of fused-ring (bicyclic) bond motifs is 3. The Bertz CT molecular complexity index is 963. The lowest BCUT2D eigenvalue weighted by molar-refractivity contribution is -0.0190. The van der Waals surface area contributed by atoms with Crippen LogP contribution in [0, 0.1) is 6.92 Å². The third-order valence-electron chi connectivity index (χ3n) is 5.17. The molecule has 3 heteroatoms. The molecular formula is C23H20N2O. The molecule has 0 aliphatic carbocycles. The monoisotopic (exact) mass is 340 g/mol. The summed E-state index contributed by atoms with van der Waals surface area (Å²) in [6.07, 6.45) is 0.698. The molecule has 0 aromatic heterocycles. The molecule has 5 rings (SSSR count). The van der Waals surface area contributed by atoms with E-state index >= 15 is 0 Å². The Hall–Kier alpha value is -3.07. The van der Waals surface area contributed by atoms with E-state index in [1.165, 1.54) is 16.7 Å². The van der Waals surface area contributed by atoms with Gasteiger partial charge >= 0.3 is 0 Å². The van der Waals surface area contributed by atoms with E-state index in [0.717, 1.165) is 23.4 Å². The fraction of sp³-hybridized carbons (Fsp3) is 0.174. The van der Waals surface area contributed by atoms with Crippen molar-refractivity contribution in [3.63, 3.8) is 0 Å². The van der Waals surface area contributed by atoms with Crippen LogP contribution >= 0.6 is 0 Å². The molecule has 0 saturated carbocycles. The minimum atomic E-state index is -0.197. The van der Waals surface area contributed by atoms with Crippen LogP contribution < -0.4 is 4.74 Å². The number of rotatable bonds is 2. The van der Waals surface area contributed by atoms with Crippen LogP contribution in [0.15, 0.2) is 84.0 Å². The van der Waals surface area contributed by atoms with Crippen molar-refractivity contribution >= 4 is 5.71 Å². The van der Waals surface area contributed by atoms with Crippen molar-refractivity contribution in [1.82, 2.24) is 5.01 Å². The van der Waals surface area contributed by atoms with E-state index in [1.807, 2.05) is 12.1 Å². The molecule has 0 saturated heterocycles. The van der Waals surface area contributed by atoms with Crippen molar-refractivity contribution in [1.29, 1.82) is 0 Å². The number of nitrogens with zero attached hydrogens (tertiary/aromatic N) is 2. The summed E-state index contributed by atoms with van der Waals surface area (Å²) in [4.78, 5) is 0. The van der Waals surface area contributed by atoms with Crippen molar-refractivity contribution in [2.45, 2.75) is 25.6 Å². The van der Waals surface area contributed by atoms with E-state index in [1.54, 1.807) is 0 Å². The van der Waals surface area contributed by atoms with Crippen LogP contribution in [-0.2, 0) is 0 Å². The Morgan fingerprint density at radius 3 is 2.42 bits per heavy atom. The summed E-state index contributed by atoms with van der Waals surface area (Å²) in [5.41, 5.74) is 5.89. The molecule has 2 aliphatic rings. The molecule has 0 N–H and O–H groups in total. The first-order valence-corrected chi connectivity index (χ1v) is 9.03. The highest BCUT2D eigenvalue weighted by atomic mass is 16.5. The fourth-order valence-corrected chi connectivity index (χ4v) is 3.79. The second kappa shape index (κ2) is 6.03. The van der Waals surface area contributed by atoms with Crippen molar-refractivity contribution < 1.29 is 4.74 Å². The summed E-state index contributed by atoms with van der Waals surface area (Å²) in [6.45, 7) is 2.10. The van der Waals surface area contributed by atoms with E-state index in [-0.39, 0.29) is 12.3 Å². The highest BCUT2D eigenvalue weighted by Gasteiger charge is 2.40. The van der Waals surface area contributed by atoms with Crippen LogP contribution in [-0.4, -0.2) is 10.7 Å². The second-order valence-electron chi connectivity index (χ2n) is 6.93. The van der Waals surface area contributed by atoms with Crippen LogP contribution in [0.1, 0.15) is 40.9 Å². The average Bonchev–Trinajstić information content (AvgIpc) is 3.14. The molecule has 26 heavy (non-hydrogen) atoms. The van der Waals surface area contributed by atoms with Crippen LogP contribution in [0.5, 0.6) is 5.75 Å². The summed E-state index contributed by atoms with van der Waals surface area (Å²) in [6, 6.07) is 27.5. The minimum Gasteiger partial charge on any atom is -0.464 e. The van der Waals surface area contributed by atoms with Gasteiger partial charge in [0.1, 0.15) is 5.75 Å². The standard InChI is InChI=1S/C23H20N2O/c1-16-11-13-18(14-12-16)23-25-21(19-9-5-6-10-22(19)26-23)15-20(24-25)17-7-3-2-4-8-17/h2-14,21,23H,15H2,1H3. The third kappa shape index (κ3) is 2.48. The largest absolute Gasteiger partial charge is 0.464 e. The SMILES string of the molecule is Cc1ccc(C2Oc3ccccc3C3CC(c4ccccc4)=NN32)cc1. The van der Waals surface area contributed by atoms with Crippen molar-refractivity contribution in [2.24, 2.45) is 5.10 Å². The Kier molecular flexibility index (Phi) is 3.52. The number of hydrogen-bond donors (Lipinski definition) is 0. The van der Waals surface area contributed by atoms with Gasteiger partial charge in [-0.1, -0.05) is 78.4 Å². The molecule has 0 bridgehead atoms. The van der Waals surface area contributed by atoms with Gasteiger partial charge in [0.05, 0.1) is 11.8 Å². The zero-order valence-corrected chi connectivity index (χ0v) is 14.7. The van der Waals surface area contributed by atoms with Gasteiger partial charge in [-0.3, -0.25) is 0 Å².